The lowest BCUT2D eigenvalue weighted by Crippen LogP contribution is -2.04. The van der Waals surface area contributed by atoms with Crippen LogP contribution >= 0.6 is 11.6 Å². The summed E-state index contributed by atoms with van der Waals surface area (Å²) in [4.78, 5) is 12.3. The topological polar surface area (TPSA) is 64.3 Å². The number of nitrogens with one attached hydrogen (secondary N) is 1. The Balaban J connectivity index is 1.77. The minimum absolute atomic E-state index is 0.0861. The van der Waals surface area contributed by atoms with Gasteiger partial charge in [-0.15, -0.1) is 0 Å². The summed E-state index contributed by atoms with van der Waals surface area (Å²) in [5.41, 5.74) is 13.9. The van der Waals surface area contributed by atoms with E-state index in [1.807, 2.05) is 68.4 Å². The number of nitrogens with two attached hydrogens (primary N) is 1. The number of para-hydroxylation sites is 1. The molecular formula is C24H21ClN2O2. The fraction of sp³-hybridized carbons (Fsp3) is 0.125. The smallest absolute Gasteiger partial charge is 0.256 e. The monoisotopic (exact) mass is 404 g/mol. The number of benzene rings is 3. The predicted molar refractivity (Wildman–Crippen MR) is 120 cm³/mol. The highest BCUT2D eigenvalue weighted by Gasteiger charge is 2.26. The molecule has 4 nitrogen and oxygen atoms in total. The van der Waals surface area contributed by atoms with Crippen molar-refractivity contribution in [3.8, 4) is 28.0 Å². The van der Waals surface area contributed by atoms with E-state index in [9.17, 15) is 4.79 Å². The summed E-state index contributed by atoms with van der Waals surface area (Å²) in [7, 11) is 1.61. The summed E-state index contributed by atoms with van der Waals surface area (Å²) >= 11 is 6.54. The van der Waals surface area contributed by atoms with Crippen molar-refractivity contribution in [3.63, 3.8) is 0 Å². The van der Waals surface area contributed by atoms with Crippen LogP contribution in [0.5, 0.6) is 5.75 Å². The maximum atomic E-state index is 12.3. The minimum Gasteiger partial charge on any atom is -0.495 e. The van der Waals surface area contributed by atoms with Gasteiger partial charge in [0, 0.05) is 22.3 Å². The van der Waals surface area contributed by atoms with Gasteiger partial charge in [-0.1, -0.05) is 53.6 Å². The van der Waals surface area contributed by atoms with Crippen LogP contribution in [-0.2, 0) is 4.79 Å². The summed E-state index contributed by atoms with van der Waals surface area (Å²) in [6, 6.07) is 17.6. The van der Waals surface area contributed by atoms with Gasteiger partial charge < -0.3 is 15.8 Å². The van der Waals surface area contributed by atoms with Gasteiger partial charge in [-0.25, -0.2) is 0 Å². The van der Waals surface area contributed by atoms with Crippen molar-refractivity contribution in [1.82, 2.24) is 0 Å². The largest absolute Gasteiger partial charge is 0.495 e. The Hall–Kier alpha value is -3.24. The molecule has 0 saturated carbocycles. The number of rotatable bonds is 3. The van der Waals surface area contributed by atoms with Crippen molar-refractivity contribution >= 4 is 34.5 Å². The molecule has 1 heterocycles. The molecule has 1 amide bonds. The molecule has 0 aromatic heterocycles. The van der Waals surface area contributed by atoms with Crippen LogP contribution in [0.15, 0.2) is 60.2 Å². The molecule has 4 rings (SSSR count). The van der Waals surface area contributed by atoms with Gasteiger partial charge in [0.1, 0.15) is 5.75 Å². The molecule has 3 N–H and O–H groups in total. The molecule has 0 unspecified atom stereocenters. The van der Waals surface area contributed by atoms with Gasteiger partial charge in [-0.3, -0.25) is 4.79 Å². The van der Waals surface area contributed by atoms with Crippen molar-refractivity contribution in [2.45, 2.75) is 13.8 Å². The van der Waals surface area contributed by atoms with Crippen LogP contribution < -0.4 is 15.8 Å². The van der Waals surface area contributed by atoms with Gasteiger partial charge in [0.05, 0.1) is 23.5 Å². The zero-order valence-corrected chi connectivity index (χ0v) is 17.2. The number of nitrogen functional groups attached to an aromatic ring is 1. The third-order valence-corrected chi connectivity index (χ3v) is 5.46. The second-order valence-electron chi connectivity index (χ2n) is 7.21. The Morgan fingerprint density at radius 3 is 2.24 bits per heavy atom. The van der Waals surface area contributed by atoms with Gasteiger partial charge >= 0.3 is 0 Å². The van der Waals surface area contributed by atoms with Gasteiger partial charge in [0.25, 0.3) is 5.91 Å². The Kier molecular flexibility index (Phi) is 4.81. The summed E-state index contributed by atoms with van der Waals surface area (Å²) in [6.45, 7) is 3.87. The molecule has 1 aliphatic rings. The molecule has 3 aromatic carbocycles. The standard InChI is InChI=1S/C24H21ClN2O2/c1-13(2)22-18-11-17(19(25)12-20(18)27-24(22)28)15-9-7-14(8-10-15)16-5-4-6-21(29-3)23(16)26/h4-12H,26H2,1-3H3,(H,27,28). The second kappa shape index (κ2) is 7.30. The number of hydrogen-bond donors (Lipinski definition) is 2. The molecule has 0 bridgehead atoms. The molecule has 29 heavy (non-hydrogen) atoms. The van der Waals surface area contributed by atoms with Crippen LogP contribution in [0.3, 0.4) is 0 Å². The molecule has 5 heteroatoms. The first kappa shape index (κ1) is 19.1. The molecule has 0 spiro atoms. The molecule has 0 aliphatic carbocycles. The predicted octanol–water partition coefficient (Wildman–Crippen LogP) is 6.01. The highest BCUT2D eigenvalue weighted by Crippen LogP contribution is 2.41. The molecular weight excluding hydrogens is 384 g/mol. The van der Waals surface area contributed by atoms with E-state index in [0.29, 0.717) is 22.0 Å². The summed E-state index contributed by atoms with van der Waals surface area (Å²) in [5.74, 6) is 0.566. The number of halogens is 1. The van der Waals surface area contributed by atoms with E-state index in [4.69, 9.17) is 22.1 Å². The SMILES string of the molecule is COc1cccc(-c2ccc(-c3cc4c(cc3Cl)NC(=O)C4=C(C)C)cc2)c1N. The normalized spacial score (nSPS) is 12.6. The number of amides is 1. The highest BCUT2D eigenvalue weighted by atomic mass is 35.5. The minimum atomic E-state index is -0.0861. The van der Waals surface area contributed by atoms with Gasteiger partial charge in [0.2, 0.25) is 0 Å². The molecule has 146 valence electrons. The van der Waals surface area contributed by atoms with Crippen LogP contribution in [0, 0.1) is 0 Å². The van der Waals surface area contributed by atoms with Crippen molar-refractivity contribution in [2.24, 2.45) is 0 Å². The highest BCUT2D eigenvalue weighted by molar-refractivity contribution is 6.36. The zero-order valence-electron chi connectivity index (χ0n) is 16.5. The fourth-order valence-electron chi connectivity index (χ4n) is 3.71. The van der Waals surface area contributed by atoms with E-state index < -0.39 is 0 Å². The summed E-state index contributed by atoms with van der Waals surface area (Å²) in [5, 5.41) is 3.48. The lowest BCUT2D eigenvalue weighted by Gasteiger charge is -2.12. The maximum absolute atomic E-state index is 12.3. The van der Waals surface area contributed by atoms with Crippen molar-refractivity contribution in [1.29, 1.82) is 0 Å². The fourth-order valence-corrected chi connectivity index (χ4v) is 3.98. The number of methoxy groups -OCH3 is 1. The van der Waals surface area contributed by atoms with Crippen LogP contribution in [0.25, 0.3) is 27.8 Å². The van der Waals surface area contributed by atoms with Crippen molar-refractivity contribution in [2.75, 3.05) is 18.2 Å². The van der Waals surface area contributed by atoms with Gasteiger partial charge in [0.15, 0.2) is 0 Å². The Morgan fingerprint density at radius 2 is 1.62 bits per heavy atom. The Morgan fingerprint density at radius 1 is 0.966 bits per heavy atom. The molecule has 3 aromatic rings. The molecule has 0 saturated heterocycles. The first-order valence-corrected chi connectivity index (χ1v) is 9.64. The summed E-state index contributed by atoms with van der Waals surface area (Å²) in [6.07, 6.45) is 0. The molecule has 0 radical (unpaired) electrons. The quantitative estimate of drug-likeness (QED) is 0.415. The lowest BCUT2D eigenvalue weighted by molar-refractivity contribution is -0.110. The number of carbonyl (C=O) groups is 1. The molecule has 0 fully saturated rings. The number of fused-ring (bicyclic) bond motifs is 1. The molecule has 1 aliphatic heterocycles. The van der Waals surface area contributed by atoms with E-state index in [1.54, 1.807) is 7.11 Å². The van der Waals surface area contributed by atoms with Crippen molar-refractivity contribution in [3.05, 3.63) is 70.8 Å². The third-order valence-electron chi connectivity index (χ3n) is 5.14. The van der Waals surface area contributed by atoms with E-state index in [-0.39, 0.29) is 5.91 Å². The van der Waals surface area contributed by atoms with Crippen LogP contribution in [0.4, 0.5) is 11.4 Å². The third kappa shape index (κ3) is 3.26. The lowest BCUT2D eigenvalue weighted by atomic mass is 9.95. The number of allylic oxidation sites excluding steroid dienone is 1. The van der Waals surface area contributed by atoms with E-state index in [1.165, 1.54) is 0 Å². The Labute approximate surface area is 175 Å². The summed E-state index contributed by atoms with van der Waals surface area (Å²) < 4.78 is 5.32. The van der Waals surface area contributed by atoms with E-state index >= 15 is 0 Å². The molecule has 0 atom stereocenters. The number of hydrogen-bond acceptors (Lipinski definition) is 3. The first-order chi connectivity index (χ1) is 13.9. The average Bonchev–Trinajstić information content (AvgIpc) is 3.02. The van der Waals surface area contributed by atoms with E-state index in [2.05, 4.69) is 5.32 Å². The first-order valence-electron chi connectivity index (χ1n) is 9.26. The van der Waals surface area contributed by atoms with Crippen molar-refractivity contribution < 1.29 is 9.53 Å². The second-order valence-corrected chi connectivity index (χ2v) is 7.61. The average molecular weight is 405 g/mol. The van der Waals surface area contributed by atoms with Crippen LogP contribution in [0.1, 0.15) is 19.4 Å². The number of anilines is 2. The van der Waals surface area contributed by atoms with Gasteiger partial charge in [-0.05, 0) is 43.2 Å². The number of ether oxygens (including phenoxy) is 1. The van der Waals surface area contributed by atoms with Crippen LogP contribution in [0.2, 0.25) is 5.02 Å². The van der Waals surface area contributed by atoms with Crippen LogP contribution in [-0.4, -0.2) is 13.0 Å². The number of carbonyl (C=O) groups excluding carboxylic acids is 1. The zero-order chi connectivity index (χ0) is 20.7. The maximum Gasteiger partial charge on any atom is 0.256 e. The van der Waals surface area contributed by atoms with Gasteiger partial charge in [-0.2, -0.15) is 0 Å². The van der Waals surface area contributed by atoms with E-state index in [0.717, 1.165) is 39.1 Å². The Bertz CT molecular complexity index is 1160.